The molecule has 4 rings (SSSR count). The Morgan fingerprint density at radius 1 is 1.26 bits per heavy atom. The Hall–Kier alpha value is -2.73. The number of halogens is 1. The molecule has 5 nitrogen and oxygen atoms in total. The second-order valence-corrected chi connectivity index (χ2v) is 7.01. The van der Waals surface area contributed by atoms with Crippen LogP contribution in [-0.4, -0.2) is 33.6 Å². The fourth-order valence-electron chi connectivity index (χ4n) is 3.70. The third kappa shape index (κ3) is 3.57. The van der Waals surface area contributed by atoms with E-state index < -0.39 is 0 Å². The lowest BCUT2D eigenvalue weighted by Gasteiger charge is -2.27. The van der Waals surface area contributed by atoms with Crippen LogP contribution in [0.1, 0.15) is 25.7 Å². The van der Waals surface area contributed by atoms with Crippen LogP contribution in [0.4, 0.5) is 9.18 Å². The number of aliphatic hydroxyl groups excluding tert-OH is 1. The van der Waals surface area contributed by atoms with Crippen LogP contribution >= 0.6 is 0 Å². The van der Waals surface area contributed by atoms with Crippen molar-refractivity contribution in [3.63, 3.8) is 0 Å². The zero-order chi connectivity index (χ0) is 18.8. The zero-order valence-corrected chi connectivity index (χ0v) is 14.9. The van der Waals surface area contributed by atoms with Gasteiger partial charge in [0.25, 0.3) is 0 Å². The fraction of sp³-hybridized carbons (Fsp3) is 0.333. The van der Waals surface area contributed by atoms with E-state index in [0.29, 0.717) is 17.8 Å². The molecule has 1 amide bonds. The first kappa shape index (κ1) is 17.7. The summed E-state index contributed by atoms with van der Waals surface area (Å²) in [5, 5.41) is 18.2. The van der Waals surface area contributed by atoms with Gasteiger partial charge in [0.2, 0.25) is 0 Å². The number of nitrogens with one attached hydrogen (secondary N) is 1. The highest BCUT2D eigenvalue weighted by Crippen LogP contribution is 2.28. The van der Waals surface area contributed by atoms with Crippen molar-refractivity contribution in [3.05, 3.63) is 54.3 Å². The Morgan fingerprint density at radius 3 is 2.81 bits per heavy atom. The molecule has 0 bridgehead atoms. The van der Waals surface area contributed by atoms with Crippen molar-refractivity contribution in [1.29, 1.82) is 0 Å². The number of aromatic nitrogens is 2. The number of benzene rings is 2. The van der Waals surface area contributed by atoms with E-state index in [9.17, 15) is 14.3 Å². The van der Waals surface area contributed by atoms with Gasteiger partial charge in [0, 0.05) is 23.4 Å². The summed E-state index contributed by atoms with van der Waals surface area (Å²) in [6, 6.07) is 14.0. The van der Waals surface area contributed by atoms with Crippen LogP contribution in [0.5, 0.6) is 0 Å². The predicted octanol–water partition coefficient (Wildman–Crippen LogP) is 3.75. The average molecular weight is 366 g/mol. The number of nitrogens with zero attached hydrogens (tertiary/aromatic N) is 2. The zero-order valence-electron chi connectivity index (χ0n) is 14.9. The van der Waals surface area contributed by atoms with E-state index in [2.05, 4.69) is 16.5 Å². The van der Waals surface area contributed by atoms with Crippen molar-refractivity contribution in [2.75, 3.05) is 6.54 Å². The van der Waals surface area contributed by atoms with Gasteiger partial charge in [0.05, 0.1) is 11.6 Å². The van der Waals surface area contributed by atoms with Crippen LogP contribution in [0.2, 0.25) is 0 Å². The molecule has 0 aliphatic heterocycles. The van der Waals surface area contributed by atoms with Gasteiger partial charge in [-0.3, -0.25) is 0 Å². The van der Waals surface area contributed by atoms with E-state index in [4.69, 9.17) is 0 Å². The van der Waals surface area contributed by atoms with Gasteiger partial charge in [-0.15, -0.1) is 0 Å². The van der Waals surface area contributed by atoms with E-state index in [1.807, 2.05) is 0 Å². The minimum Gasteiger partial charge on any atom is -0.393 e. The summed E-state index contributed by atoms with van der Waals surface area (Å²) in [6.45, 7) is 0.423. The van der Waals surface area contributed by atoms with E-state index in [1.165, 1.54) is 16.8 Å². The Labute approximate surface area is 156 Å². The average Bonchev–Trinajstić information content (AvgIpc) is 3.08. The molecule has 139 valence electrons. The molecule has 1 aliphatic rings. The number of rotatable bonds is 3. The number of carbonyl (C=O) groups is 1. The van der Waals surface area contributed by atoms with Crippen molar-refractivity contribution in [1.82, 2.24) is 15.1 Å². The number of fused-ring (bicyclic) bond motifs is 1. The molecule has 2 atom stereocenters. The highest BCUT2D eigenvalue weighted by molar-refractivity contribution is 5.98. The smallest absolute Gasteiger partial charge is 0.342 e. The SMILES string of the molecule is O=C(NCC1CCCC[C@H]1O)n1nc(-c2ccc(F)cc2)c2c[c]ccc21. The number of amides is 1. The Morgan fingerprint density at radius 2 is 2.04 bits per heavy atom. The summed E-state index contributed by atoms with van der Waals surface area (Å²) in [6.07, 6.45) is 3.45. The summed E-state index contributed by atoms with van der Waals surface area (Å²) in [7, 11) is 0. The lowest BCUT2D eigenvalue weighted by molar-refractivity contribution is 0.0709. The number of hydrogen-bond donors (Lipinski definition) is 2. The second kappa shape index (κ2) is 7.48. The molecule has 0 saturated heterocycles. The summed E-state index contributed by atoms with van der Waals surface area (Å²) in [4.78, 5) is 12.7. The number of aliphatic hydroxyl groups is 1. The largest absolute Gasteiger partial charge is 0.393 e. The molecule has 1 saturated carbocycles. The lowest BCUT2D eigenvalue weighted by atomic mass is 9.86. The first-order chi connectivity index (χ1) is 13.1. The molecule has 1 radical (unpaired) electrons. The van der Waals surface area contributed by atoms with E-state index in [-0.39, 0.29) is 23.9 Å². The molecular weight excluding hydrogens is 345 g/mol. The first-order valence-electron chi connectivity index (χ1n) is 9.24. The number of hydrogen-bond acceptors (Lipinski definition) is 3. The van der Waals surface area contributed by atoms with Gasteiger partial charge in [0.15, 0.2) is 0 Å². The summed E-state index contributed by atoms with van der Waals surface area (Å²) < 4.78 is 14.6. The third-order valence-corrected chi connectivity index (χ3v) is 5.22. The maximum absolute atomic E-state index is 13.2. The highest BCUT2D eigenvalue weighted by Gasteiger charge is 2.24. The van der Waals surface area contributed by atoms with Crippen molar-refractivity contribution in [2.45, 2.75) is 31.8 Å². The quantitative estimate of drug-likeness (QED) is 0.742. The summed E-state index contributed by atoms with van der Waals surface area (Å²) in [5.74, 6) is -0.243. The van der Waals surface area contributed by atoms with Crippen molar-refractivity contribution < 1.29 is 14.3 Å². The van der Waals surface area contributed by atoms with Crippen molar-refractivity contribution >= 4 is 16.9 Å². The standard InChI is InChI=1S/C21H21FN3O2/c22-16-11-9-14(10-12-16)20-17-6-2-3-7-18(17)25(24-20)21(27)23-13-15-5-1-4-8-19(15)26/h3,6-7,9-12,15,19,26H,1,4-5,8,13H2,(H,23,27)/t15?,19-/m1/s1. The minimum atomic E-state index is -0.363. The predicted molar refractivity (Wildman–Crippen MR) is 101 cm³/mol. The van der Waals surface area contributed by atoms with E-state index in [0.717, 1.165) is 36.6 Å². The maximum atomic E-state index is 13.2. The molecule has 2 aromatic carbocycles. The number of carbonyl (C=O) groups excluding carboxylic acids is 1. The van der Waals surface area contributed by atoms with Crippen LogP contribution in [0.15, 0.2) is 42.5 Å². The maximum Gasteiger partial charge on any atom is 0.342 e. The van der Waals surface area contributed by atoms with E-state index >= 15 is 0 Å². The summed E-state index contributed by atoms with van der Waals surface area (Å²) >= 11 is 0. The van der Waals surface area contributed by atoms with Gasteiger partial charge < -0.3 is 10.4 Å². The lowest BCUT2D eigenvalue weighted by Crippen LogP contribution is -2.38. The molecule has 6 heteroatoms. The van der Waals surface area contributed by atoms with Gasteiger partial charge in [-0.25, -0.2) is 9.18 Å². The topological polar surface area (TPSA) is 67.2 Å². The Balaban J connectivity index is 1.61. The van der Waals surface area contributed by atoms with E-state index in [1.54, 1.807) is 30.3 Å². The van der Waals surface area contributed by atoms with Crippen molar-refractivity contribution in [2.24, 2.45) is 5.92 Å². The molecule has 0 spiro atoms. The molecule has 3 aromatic rings. The van der Waals surface area contributed by atoms with Crippen LogP contribution in [0.3, 0.4) is 0 Å². The molecule has 1 heterocycles. The van der Waals surface area contributed by atoms with Gasteiger partial charge in [0.1, 0.15) is 11.5 Å². The molecule has 1 aliphatic carbocycles. The Bertz CT molecular complexity index is 952. The van der Waals surface area contributed by atoms with Gasteiger partial charge in [-0.1, -0.05) is 18.9 Å². The molecule has 27 heavy (non-hydrogen) atoms. The third-order valence-electron chi connectivity index (χ3n) is 5.22. The van der Waals surface area contributed by atoms with Gasteiger partial charge >= 0.3 is 6.03 Å². The minimum absolute atomic E-state index is 0.0782. The second-order valence-electron chi connectivity index (χ2n) is 7.01. The highest BCUT2D eigenvalue weighted by atomic mass is 19.1. The Kier molecular flexibility index (Phi) is 4.90. The fourth-order valence-corrected chi connectivity index (χ4v) is 3.70. The van der Waals surface area contributed by atoms with Gasteiger partial charge in [-0.05, 0) is 55.3 Å². The van der Waals surface area contributed by atoms with Crippen LogP contribution in [-0.2, 0) is 0 Å². The normalized spacial score (nSPS) is 19.9. The van der Waals surface area contributed by atoms with Crippen LogP contribution in [0.25, 0.3) is 22.2 Å². The monoisotopic (exact) mass is 366 g/mol. The molecule has 1 unspecified atom stereocenters. The summed E-state index contributed by atoms with van der Waals surface area (Å²) in [5.41, 5.74) is 2.00. The molecule has 2 N–H and O–H groups in total. The molecule has 1 fully saturated rings. The van der Waals surface area contributed by atoms with Crippen molar-refractivity contribution in [3.8, 4) is 11.3 Å². The van der Waals surface area contributed by atoms with Gasteiger partial charge in [-0.2, -0.15) is 9.78 Å². The molecule has 1 aromatic heterocycles. The van der Waals surface area contributed by atoms with Crippen LogP contribution in [0, 0.1) is 17.8 Å². The first-order valence-corrected chi connectivity index (χ1v) is 9.24. The molecular formula is C21H21FN3O2. The van der Waals surface area contributed by atoms with Crippen LogP contribution < -0.4 is 5.32 Å².